The molecule has 10 heteroatoms. The minimum Gasteiger partial charge on any atom is -0.496 e. The number of benzene rings is 1. The molecule has 0 bridgehead atoms. The van der Waals surface area contributed by atoms with E-state index < -0.39 is 16.0 Å². The third kappa shape index (κ3) is 3.93. The Kier molecular flexibility index (Phi) is 5.07. The molecule has 0 aliphatic carbocycles. The number of nitrogens with two attached hydrogens (primary N) is 1. The zero-order chi connectivity index (χ0) is 18.7. The van der Waals surface area contributed by atoms with Crippen molar-refractivity contribution in [3.05, 3.63) is 53.2 Å². The zero-order valence-corrected chi connectivity index (χ0v) is 15.2. The first kappa shape index (κ1) is 18.1. The van der Waals surface area contributed by atoms with Gasteiger partial charge in [-0.25, -0.2) is 23.3 Å². The van der Waals surface area contributed by atoms with E-state index in [9.17, 15) is 13.2 Å². The molecule has 0 aliphatic rings. The molecule has 0 amide bonds. The van der Waals surface area contributed by atoms with Gasteiger partial charge in [-0.1, -0.05) is 6.07 Å². The molecular weight excluding hydrogens is 380 g/mol. The topological polar surface area (TPSA) is 122 Å². The Morgan fingerprint density at radius 1 is 1.35 bits per heavy atom. The van der Waals surface area contributed by atoms with Crippen LogP contribution in [0.2, 0.25) is 0 Å². The maximum Gasteiger partial charge on any atom is 0.342 e. The van der Waals surface area contributed by atoms with E-state index in [0.717, 1.165) is 10.9 Å². The molecule has 8 nitrogen and oxygen atoms in total. The normalized spacial score (nSPS) is 11.3. The van der Waals surface area contributed by atoms with Gasteiger partial charge in [0, 0.05) is 0 Å². The van der Waals surface area contributed by atoms with Crippen LogP contribution in [0.15, 0.2) is 51.3 Å². The molecule has 0 atom stereocenters. The van der Waals surface area contributed by atoms with Gasteiger partial charge in [-0.2, -0.15) is 0 Å². The van der Waals surface area contributed by atoms with Crippen LogP contribution in [-0.4, -0.2) is 26.5 Å². The summed E-state index contributed by atoms with van der Waals surface area (Å²) >= 11 is 1.47. The lowest BCUT2D eigenvalue weighted by molar-refractivity contribution is 0.0464. The highest BCUT2D eigenvalue weighted by atomic mass is 32.2. The van der Waals surface area contributed by atoms with E-state index in [1.54, 1.807) is 0 Å². The Morgan fingerprint density at radius 2 is 2.15 bits per heavy atom. The number of primary sulfonamides is 1. The van der Waals surface area contributed by atoms with Crippen LogP contribution >= 0.6 is 11.3 Å². The monoisotopic (exact) mass is 394 g/mol. The van der Waals surface area contributed by atoms with Crippen LogP contribution in [0.25, 0.3) is 10.8 Å². The summed E-state index contributed by atoms with van der Waals surface area (Å²) in [5, 5.41) is 6.98. The van der Waals surface area contributed by atoms with Gasteiger partial charge in [0.25, 0.3) is 0 Å². The Labute approximate surface area is 153 Å². The second kappa shape index (κ2) is 7.28. The van der Waals surface area contributed by atoms with Gasteiger partial charge in [-0.3, -0.25) is 0 Å². The number of hydrogen-bond donors (Lipinski definition) is 1. The van der Waals surface area contributed by atoms with Crippen molar-refractivity contribution in [2.24, 2.45) is 5.14 Å². The zero-order valence-electron chi connectivity index (χ0n) is 13.5. The van der Waals surface area contributed by atoms with Crippen LogP contribution < -0.4 is 9.88 Å². The number of methoxy groups -OCH3 is 1. The fourth-order valence-electron chi connectivity index (χ4n) is 2.13. The summed E-state index contributed by atoms with van der Waals surface area (Å²) in [6, 6.07) is 7.41. The average molecular weight is 394 g/mol. The first-order chi connectivity index (χ1) is 12.4. The van der Waals surface area contributed by atoms with Crippen molar-refractivity contribution in [1.29, 1.82) is 0 Å². The Bertz CT molecular complexity index is 1020. The number of carbonyl (C=O) groups excluding carboxylic acids is 1. The highest BCUT2D eigenvalue weighted by molar-refractivity contribution is 7.89. The maximum absolute atomic E-state index is 12.3. The Hall–Kier alpha value is -2.69. The summed E-state index contributed by atoms with van der Waals surface area (Å²) in [6.07, 6.45) is 1.39. The largest absolute Gasteiger partial charge is 0.496 e. The fourth-order valence-corrected chi connectivity index (χ4v) is 3.32. The Balaban J connectivity index is 1.76. The van der Waals surface area contributed by atoms with E-state index in [4.69, 9.17) is 19.0 Å². The van der Waals surface area contributed by atoms with E-state index in [2.05, 4.69) is 4.98 Å². The van der Waals surface area contributed by atoms with Crippen molar-refractivity contribution in [3.8, 4) is 16.5 Å². The summed E-state index contributed by atoms with van der Waals surface area (Å²) in [5.74, 6) is -0.172. The summed E-state index contributed by atoms with van der Waals surface area (Å²) in [7, 11) is -2.61. The number of carbonyl (C=O) groups is 1. The number of rotatable bonds is 6. The van der Waals surface area contributed by atoms with Crippen LogP contribution in [0.1, 0.15) is 16.1 Å². The number of sulfonamides is 1. The molecule has 0 saturated heterocycles. The van der Waals surface area contributed by atoms with Crippen molar-refractivity contribution in [2.75, 3.05) is 7.11 Å². The van der Waals surface area contributed by atoms with Crippen LogP contribution in [0.4, 0.5) is 0 Å². The van der Waals surface area contributed by atoms with E-state index in [1.807, 2.05) is 17.5 Å². The van der Waals surface area contributed by atoms with Gasteiger partial charge in [0.05, 0.1) is 16.9 Å². The van der Waals surface area contributed by atoms with Gasteiger partial charge in [0.1, 0.15) is 29.9 Å². The molecule has 0 aliphatic heterocycles. The van der Waals surface area contributed by atoms with E-state index >= 15 is 0 Å². The van der Waals surface area contributed by atoms with Crippen molar-refractivity contribution < 1.29 is 27.1 Å². The number of hydrogen-bond acceptors (Lipinski definition) is 8. The van der Waals surface area contributed by atoms with Gasteiger partial charge < -0.3 is 13.9 Å². The molecule has 2 aromatic heterocycles. The first-order valence-electron chi connectivity index (χ1n) is 7.24. The van der Waals surface area contributed by atoms with Gasteiger partial charge in [0.15, 0.2) is 0 Å². The molecule has 2 N–H and O–H groups in total. The number of ether oxygens (including phenoxy) is 2. The van der Waals surface area contributed by atoms with Crippen molar-refractivity contribution >= 4 is 27.3 Å². The van der Waals surface area contributed by atoms with Crippen LogP contribution in [-0.2, 0) is 21.4 Å². The molecule has 0 radical (unpaired) electrons. The third-order valence-electron chi connectivity index (χ3n) is 3.35. The predicted molar refractivity (Wildman–Crippen MR) is 93.3 cm³/mol. The van der Waals surface area contributed by atoms with Crippen molar-refractivity contribution in [3.63, 3.8) is 0 Å². The molecule has 136 valence electrons. The van der Waals surface area contributed by atoms with Crippen molar-refractivity contribution in [2.45, 2.75) is 11.5 Å². The van der Waals surface area contributed by atoms with E-state index in [-0.39, 0.29) is 22.8 Å². The molecule has 0 saturated carbocycles. The third-order valence-corrected chi connectivity index (χ3v) is 5.12. The first-order valence-corrected chi connectivity index (χ1v) is 9.67. The van der Waals surface area contributed by atoms with E-state index in [0.29, 0.717) is 11.6 Å². The molecule has 0 spiro atoms. The molecule has 0 unspecified atom stereocenters. The SMILES string of the molecule is COc1ccc(S(N)(=O)=O)cc1C(=O)OCc1coc(-c2cccs2)n1. The highest BCUT2D eigenvalue weighted by Gasteiger charge is 2.19. The molecule has 2 heterocycles. The van der Waals surface area contributed by atoms with Crippen molar-refractivity contribution in [1.82, 2.24) is 4.98 Å². The summed E-state index contributed by atoms with van der Waals surface area (Å²) in [4.78, 5) is 17.2. The minimum absolute atomic E-state index is 0.0546. The quantitative estimate of drug-likeness (QED) is 0.637. The molecule has 3 rings (SSSR count). The number of nitrogens with zero attached hydrogens (tertiary/aromatic N) is 1. The minimum atomic E-state index is -3.96. The number of aromatic nitrogens is 1. The lowest BCUT2D eigenvalue weighted by atomic mass is 10.2. The lowest BCUT2D eigenvalue weighted by Gasteiger charge is -2.09. The summed E-state index contributed by atoms with van der Waals surface area (Å²) < 4.78 is 38.5. The van der Waals surface area contributed by atoms with Crippen LogP contribution in [0.5, 0.6) is 5.75 Å². The van der Waals surface area contributed by atoms with Gasteiger partial charge in [-0.15, -0.1) is 11.3 Å². The number of oxazole rings is 1. The van der Waals surface area contributed by atoms with Crippen LogP contribution in [0.3, 0.4) is 0 Å². The fraction of sp³-hybridized carbons (Fsp3) is 0.125. The molecular formula is C16H14N2O6S2. The molecule has 26 heavy (non-hydrogen) atoms. The smallest absolute Gasteiger partial charge is 0.342 e. The number of thiophene rings is 1. The molecule has 1 aromatic carbocycles. The highest BCUT2D eigenvalue weighted by Crippen LogP contribution is 2.25. The summed E-state index contributed by atoms with van der Waals surface area (Å²) in [6.45, 7) is -0.142. The average Bonchev–Trinajstić information content (AvgIpc) is 3.29. The second-order valence-corrected chi connectivity index (χ2v) is 7.61. The molecule has 0 fully saturated rings. The second-order valence-electron chi connectivity index (χ2n) is 5.10. The lowest BCUT2D eigenvalue weighted by Crippen LogP contribution is -2.14. The number of esters is 1. The predicted octanol–water partition coefficient (Wildman–Crippen LogP) is 2.42. The van der Waals surface area contributed by atoms with Gasteiger partial charge in [-0.05, 0) is 29.6 Å². The molecule has 3 aromatic rings. The Morgan fingerprint density at radius 3 is 2.81 bits per heavy atom. The standard InChI is InChI=1S/C16H14N2O6S2/c1-22-13-5-4-11(26(17,20)21)7-12(13)16(19)24-9-10-8-23-15(18-10)14-3-2-6-25-14/h2-8H,9H2,1H3,(H2,17,20,21). The summed E-state index contributed by atoms with van der Waals surface area (Å²) in [5.41, 5.74) is 0.365. The maximum atomic E-state index is 12.3. The van der Waals surface area contributed by atoms with Crippen LogP contribution in [0, 0.1) is 0 Å². The van der Waals surface area contributed by atoms with Gasteiger partial charge >= 0.3 is 5.97 Å². The van der Waals surface area contributed by atoms with Gasteiger partial charge in [0.2, 0.25) is 15.9 Å². The van der Waals surface area contributed by atoms with E-state index in [1.165, 1.54) is 36.8 Å².